The molecule has 0 saturated carbocycles. The molecule has 1 aromatic heterocycles. The summed E-state index contributed by atoms with van der Waals surface area (Å²) >= 11 is 0. The minimum Gasteiger partial charge on any atom is -0.367 e. The van der Waals surface area contributed by atoms with Gasteiger partial charge in [-0.25, -0.2) is 4.39 Å². The second kappa shape index (κ2) is 4.28. The summed E-state index contributed by atoms with van der Waals surface area (Å²) in [4.78, 5) is 3.00. The molecule has 0 aliphatic rings. The average molecular weight is 204 g/mol. The Kier molecular flexibility index (Phi) is 2.83. The largest absolute Gasteiger partial charge is 0.367 e. The van der Waals surface area contributed by atoms with Crippen molar-refractivity contribution in [3.63, 3.8) is 0 Å². The second-order valence-electron chi connectivity index (χ2n) is 3.48. The van der Waals surface area contributed by atoms with Gasteiger partial charge in [0.1, 0.15) is 5.82 Å². The summed E-state index contributed by atoms with van der Waals surface area (Å²) in [7, 11) is 0. The van der Waals surface area contributed by atoms with E-state index in [2.05, 4.69) is 4.98 Å². The van der Waals surface area contributed by atoms with Gasteiger partial charge in [0.2, 0.25) is 0 Å². The number of nitrogens with one attached hydrogen (secondary N) is 1. The number of hydrogen-bond donors (Lipinski definition) is 2. The fourth-order valence-corrected chi connectivity index (χ4v) is 1.71. The van der Waals surface area contributed by atoms with Crippen LogP contribution in [0.4, 0.5) is 4.39 Å². The van der Waals surface area contributed by atoms with Crippen molar-refractivity contribution in [2.75, 3.05) is 6.54 Å². The standard InChI is InChI=1S/C12H13FN2/c13-11-3-1-9(2-4-11)12(7-14)10-5-6-15-8-10/h1-6,8,12,15H,7,14H2. The first-order chi connectivity index (χ1) is 7.31. The lowest BCUT2D eigenvalue weighted by atomic mass is 9.93. The Morgan fingerprint density at radius 2 is 1.87 bits per heavy atom. The Morgan fingerprint density at radius 3 is 2.40 bits per heavy atom. The van der Waals surface area contributed by atoms with Crippen molar-refractivity contribution in [2.24, 2.45) is 5.73 Å². The first kappa shape index (κ1) is 9.93. The molecule has 3 N–H and O–H groups in total. The molecular weight excluding hydrogens is 191 g/mol. The number of benzene rings is 1. The highest BCUT2D eigenvalue weighted by Gasteiger charge is 2.12. The maximum atomic E-state index is 12.8. The van der Waals surface area contributed by atoms with Crippen molar-refractivity contribution in [2.45, 2.75) is 5.92 Å². The molecule has 1 heterocycles. The molecule has 1 unspecified atom stereocenters. The zero-order valence-electron chi connectivity index (χ0n) is 8.28. The van der Waals surface area contributed by atoms with Crippen molar-refractivity contribution in [1.82, 2.24) is 4.98 Å². The zero-order valence-corrected chi connectivity index (χ0v) is 8.28. The van der Waals surface area contributed by atoms with Gasteiger partial charge in [0.25, 0.3) is 0 Å². The second-order valence-corrected chi connectivity index (χ2v) is 3.48. The van der Waals surface area contributed by atoms with Crippen LogP contribution in [0.25, 0.3) is 0 Å². The van der Waals surface area contributed by atoms with Crippen molar-refractivity contribution < 1.29 is 4.39 Å². The van der Waals surface area contributed by atoms with E-state index in [4.69, 9.17) is 5.73 Å². The summed E-state index contributed by atoms with van der Waals surface area (Å²) in [5.74, 6) is -0.0829. The monoisotopic (exact) mass is 204 g/mol. The van der Waals surface area contributed by atoms with Crippen LogP contribution in [-0.4, -0.2) is 11.5 Å². The van der Waals surface area contributed by atoms with Gasteiger partial charge in [-0.1, -0.05) is 12.1 Å². The van der Waals surface area contributed by atoms with E-state index in [1.807, 2.05) is 18.5 Å². The fourth-order valence-electron chi connectivity index (χ4n) is 1.71. The Bertz CT molecular complexity index is 406. The molecule has 2 nitrogen and oxygen atoms in total. The molecule has 1 aromatic carbocycles. The number of nitrogens with two attached hydrogens (primary N) is 1. The third-order valence-electron chi connectivity index (χ3n) is 2.53. The smallest absolute Gasteiger partial charge is 0.123 e. The Balaban J connectivity index is 2.31. The number of hydrogen-bond acceptors (Lipinski definition) is 1. The molecule has 0 spiro atoms. The lowest BCUT2D eigenvalue weighted by Crippen LogP contribution is -2.13. The molecule has 78 valence electrons. The molecule has 0 amide bonds. The lowest BCUT2D eigenvalue weighted by Gasteiger charge is -2.13. The SMILES string of the molecule is NCC(c1ccc(F)cc1)c1cc[nH]c1. The zero-order chi connectivity index (χ0) is 10.7. The predicted molar refractivity (Wildman–Crippen MR) is 58.1 cm³/mol. The van der Waals surface area contributed by atoms with Crippen LogP contribution in [0.2, 0.25) is 0 Å². The van der Waals surface area contributed by atoms with E-state index >= 15 is 0 Å². The summed E-state index contributed by atoms with van der Waals surface area (Å²) in [5, 5.41) is 0. The minimum absolute atomic E-state index is 0.136. The van der Waals surface area contributed by atoms with Gasteiger partial charge >= 0.3 is 0 Å². The predicted octanol–water partition coefficient (Wildman–Crippen LogP) is 2.24. The highest BCUT2D eigenvalue weighted by molar-refractivity contribution is 5.31. The third-order valence-corrected chi connectivity index (χ3v) is 2.53. The van der Waals surface area contributed by atoms with E-state index in [1.54, 1.807) is 12.1 Å². The van der Waals surface area contributed by atoms with Gasteiger partial charge in [-0.2, -0.15) is 0 Å². The van der Waals surface area contributed by atoms with Crippen LogP contribution in [0, 0.1) is 5.82 Å². The van der Waals surface area contributed by atoms with E-state index in [9.17, 15) is 4.39 Å². The Hall–Kier alpha value is -1.61. The highest BCUT2D eigenvalue weighted by atomic mass is 19.1. The first-order valence-corrected chi connectivity index (χ1v) is 4.89. The fraction of sp³-hybridized carbons (Fsp3) is 0.167. The van der Waals surface area contributed by atoms with Crippen LogP contribution in [0.5, 0.6) is 0 Å². The van der Waals surface area contributed by atoms with Gasteiger partial charge < -0.3 is 10.7 Å². The van der Waals surface area contributed by atoms with Crippen LogP contribution in [0.15, 0.2) is 42.7 Å². The van der Waals surface area contributed by atoms with Gasteiger partial charge in [-0.3, -0.25) is 0 Å². The number of aromatic amines is 1. The number of halogens is 1. The molecular formula is C12H13FN2. The van der Waals surface area contributed by atoms with Crippen LogP contribution in [0.1, 0.15) is 17.0 Å². The quantitative estimate of drug-likeness (QED) is 0.791. The maximum absolute atomic E-state index is 12.8. The summed E-state index contributed by atoms with van der Waals surface area (Å²) in [6.07, 6.45) is 3.78. The number of H-pyrrole nitrogens is 1. The van der Waals surface area contributed by atoms with Gasteiger partial charge in [0.05, 0.1) is 0 Å². The van der Waals surface area contributed by atoms with E-state index < -0.39 is 0 Å². The van der Waals surface area contributed by atoms with Crippen molar-refractivity contribution in [1.29, 1.82) is 0 Å². The lowest BCUT2D eigenvalue weighted by molar-refractivity contribution is 0.626. The van der Waals surface area contributed by atoms with Crippen LogP contribution in [0.3, 0.4) is 0 Å². The minimum atomic E-state index is -0.219. The highest BCUT2D eigenvalue weighted by Crippen LogP contribution is 2.23. The third kappa shape index (κ3) is 2.07. The maximum Gasteiger partial charge on any atom is 0.123 e. The molecule has 0 fully saturated rings. The van der Waals surface area contributed by atoms with Crippen molar-refractivity contribution in [3.8, 4) is 0 Å². The molecule has 2 rings (SSSR count). The van der Waals surface area contributed by atoms with Gasteiger partial charge in [0, 0.05) is 24.9 Å². The van der Waals surface area contributed by atoms with Gasteiger partial charge in [-0.15, -0.1) is 0 Å². The molecule has 0 aliphatic heterocycles. The molecule has 0 saturated heterocycles. The number of aromatic nitrogens is 1. The summed E-state index contributed by atoms with van der Waals surface area (Å²) in [6, 6.07) is 8.47. The summed E-state index contributed by atoms with van der Waals surface area (Å²) in [5.41, 5.74) is 7.90. The first-order valence-electron chi connectivity index (χ1n) is 4.89. The molecule has 3 heteroatoms. The molecule has 15 heavy (non-hydrogen) atoms. The molecule has 2 aromatic rings. The molecule has 1 atom stereocenters. The van der Waals surface area contributed by atoms with Crippen LogP contribution >= 0.6 is 0 Å². The molecule has 0 bridgehead atoms. The van der Waals surface area contributed by atoms with Crippen LogP contribution < -0.4 is 5.73 Å². The van der Waals surface area contributed by atoms with Gasteiger partial charge in [-0.05, 0) is 29.3 Å². The van der Waals surface area contributed by atoms with Gasteiger partial charge in [0.15, 0.2) is 0 Å². The Labute approximate surface area is 87.9 Å². The van der Waals surface area contributed by atoms with Crippen LogP contribution in [-0.2, 0) is 0 Å². The summed E-state index contributed by atoms with van der Waals surface area (Å²) in [6.45, 7) is 0.517. The molecule has 0 aliphatic carbocycles. The average Bonchev–Trinajstić information content (AvgIpc) is 2.75. The Morgan fingerprint density at radius 1 is 1.13 bits per heavy atom. The van der Waals surface area contributed by atoms with E-state index in [0.29, 0.717) is 6.54 Å². The number of rotatable bonds is 3. The van der Waals surface area contributed by atoms with Crippen molar-refractivity contribution >= 4 is 0 Å². The van der Waals surface area contributed by atoms with E-state index in [0.717, 1.165) is 11.1 Å². The summed E-state index contributed by atoms with van der Waals surface area (Å²) < 4.78 is 12.8. The van der Waals surface area contributed by atoms with E-state index in [1.165, 1.54) is 12.1 Å². The topological polar surface area (TPSA) is 41.8 Å². The molecule has 0 radical (unpaired) electrons. The van der Waals surface area contributed by atoms with E-state index in [-0.39, 0.29) is 11.7 Å². The normalized spacial score (nSPS) is 12.7. The van der Waals surface area contributed by atoms with Crippen molar-refractivity contribution in [3.05, 3.63) is 59.7 Å².